The normalized spacial score (nSPS) is 10.6. The molecule has 1 heterocycles. The smallest absolute Gasteiger partial charge is 0.170 e. The predicted molar refractivity (Wildman–Crippen MR) is 49.7 cm³/mol. The molecule has 0 bridgehead atoms. The van der Waals surface area contributed by atoms with Gasteiger partial charge in [-0.15, -0.1) is 0 Å². The summed E-state index contributed by atoms with van der Waals surface area (Å²) in [5.41, 5.74) is 5.86. The van der Waals surface area contributed by atoms with Crippen LogP contribution in [0.5, 0.6) is 0 Å². The molecule has 0 aliphatic rings. The molecule has 1 aromatic heterocycles. The van der Waals surface area contributed by atoms with Crippen molar-refractivity contribution in [2.45, 2.75) is 6.54 Å². The van der Waals surface area contributed by atoms with E-state index in [9.17, 15) is 8.78 Å². The minimum Gasteiger partial charge on any atom is -0.356 e. The molecule has 0 fully saturated rings. The van der Waals surface area contributed by atoms with Crippen LogP contribution in [-0.4, -0.2) is 5.16 Å². The highest BCUT2D eigenvalue weighted by molar-refractivity contribution is 5.58. The van der Waals surface area contributed by atoms with Gasteiger partial charge in [-0.3, -0.25) is 0 Å². The Bertz CT molecular complexity index is 482. The molecule has 0 unspecified atom stereocenters. The number of nitrogens with zero attached hydrogens (tertiary/aromatic N) is 1. The summed E-state index contributed by atoms with van der Waals surface area (Å²) < 4.78 is 31.0. The standard InChI is InChI=1S/C10H8F2N2O/c11-8-3-1-2-7(10(8)12)9-4-6(5-13)14-15-9/h1-4H,5,13H2. The molecule has 0 aliphatic heterocycles. The zero-order valence-electron chi connectivity index (χ0n) is 7.71. The van der Waals surface area contributed by atoms with Crippen LogP contribution in [0.25, 0.3) is 11.3 Å². The molecule has 0 spiro atoms. The number of hydrogen-bond acceptors (Lipinski definition) is 3. The molecule has 0 saturated carbocycles. The van der Waals surface area contributed by atoms with Gasteiger partial charge in [-0.2, -0.15) is 0 Å². The van der Waals surface area contributed by atoms with Crippen molar-refractivity contribution in [1.29, 1.82) is 0 Å². The zero-order valence-corrected chi connectivity index (χ0v) is 7.71. The van der Waals surface area contributed by atoms with Gasteiger partial charge >= 0.3 is 0 Å². The Labute approximate surface area is 84.5 Å². The highest BCUT2D eigenvalue weighted by Gasteiger charge is 2.13. The van der Waals surface area contributed by atoms with Gasteiger partial charge < -0.3 is 10.3 Å². The number of rotatable bonds is 2. The highest BCUT2D eigenvalue weighted by atomic mass is 19.2. The maximum Gasteiger partial charge on any atom is 0.170 e. The summed E-state index contributed by atoms with van der Waals surface area (Å²) in [5, 5.41) is 3.59. The fourth-order valence-corrected chi connectivity index (χ4v) is 1.23. The van der Waals surface area contributed by atoms with Crippen molar-refractivity contribution in [3.05, 3.63) is 41.6 Å². The van der Waals surface area contributed by atoms with Crippen molar-refractivity contribution in [3.8, 4) is 11.3 Å². The fraction of sp³-hybridized carbons (Fsp3) is 0.100. The second-order valence-electron chi connectivity index (χ2n) is 2.99. The molecule has 0 radical (unpaired) electrons. The second kappa shape index (κ2) is 3.78. The summed E-state index contributed by atoms with van der Waals surface area (Å²) in [4.78, 5) is 0. The fourth-order valence-electron chi connectivity index (χ4n) is 1.23. The SMILES string of the molecule is NCc1cc(-c2cccc(F)c2F)on1. The Hall–Kier alpha value is -1.75. The Balaban J connectivity index is 2.49. The van der Waals surface area contributed by atoms with Gasteiger partial charge in [0, 0.05) is 12.6 Å². The summed E-state index contributed by atoms with van der Waals surface area (Å²) in [5.74, 6) is -1.69. The predicted octanol–water partition coefficient (Wildman–Crippen LogP) is 2.08. The lowest BCUT2D eigenvalue weighted by Crippen LogP contribution is -1.94. The van der Waals surface area contributed by atoms with E-state index in [0.717, 1.165) is 6.07 Å². The minimum atomic E-state index is -0.947. The first-order valence-corrected chi connectivity index (χ1v) is 4.32. The van der Waals surface area contributed by atoms with Gasteiger partial charge in [-0.25, -0.2) is 8.78 Å². The van der Waals surface area contributed by atoms with Crippen LogP contribution in [0.4, 0.5) is 8.78 Å². The lowest BCUT2D eigenvalue weighted by atomic mass is 10.1. The molecule has 0 atom stereocenters. The summed E-state index contributed by atoms with van der Waals surface area (Å²) in [6.07, 6.45) is 0. The number of halogens is 2. The van der Waals surface area contributed by atoms with E-state index in [1.54, 1.807) is 0 Å². The van der Waals surface area contributed by atoms with E-state index >= 15 is 0 Å². The molecular formula is C10H8F2N2O. The number of benzene rings is 1. The second-order valence-corrected chi connectivity index (χ2v) is 2.99. The quantitative estimate of drug-likeness (QED) is 0.825. The molecule has 1 aromatic carbocycles. The third-order valence-electron chi connectivity index (χ3n) is 1.99. The van der Waals surface area contributed by atoms with Gasteiger partial charge in [0.05, 0.1) is 11.3 Å². The monoisotopic (exact) mass is 210 g/mol. The molecule has 3 nitrogen and oxygen atoms in total. The van der Waals surface area contributed by atoms with Gasteiger partial charge in [0.1, 0.15) is 0 Å². The highest BCUT2D eigenvalue weighted by Crippen LogP contribution is 2.24. The minimum absolute atomic E-state index is 0.0437. The van der Waals surface area contributed by atoms with E-state index in [2.05, 4.69) is 5.16 Å². The van der Waals surface area contributed by atoms with Crippen LogP contribution < -0.4 is 5.73 Å². The van der Waals surface area contributed by atoms with E-state index in [1.807, 2.05) is 0 Å². The van der Waals surface area contributed by atoms with Crippen LogP contribution in [0.2, 0.25) is 0 Å². The van der Waals surface area contributed by atoms with Gasteiger partial charge in [0.25, 0.3) is 0 Å². The van der Waals surface area contributed by atoms with Crippen molar-refractivity contribution in [3.63, 3.8) is 0 Å². The topological polar surface area (TPSA) is 52.0 Å². The average Bonchev–Trinajstić information content (AvgIpc) is 2.70. The first-order chi connectivity index (χ1) is 7.22. The zero-order chi connectivity index (χ0) is 10.8. The van der Waals surface area contributed by atoms with Crippen molar-refractivity contribution in [2.75, 3.05) is 0 Å². The molecule has 0 saturated heterocycles. The Kier molecular flexibility index (Phi) is 2.47. The molecule has 15 heavy (non-hydrogen) atoms. The lowest BCUT2D eigenvalue weighted by molar-refractivity contribution is 0.419. The molecule has 2 N–H and O–H groups in total. The molecule has 5 heteroatoms. The van der Waals surface area contributed by atoms with E-state index in [1.165, 1.54) is 18.2 Å². The molecular weight excluding hydrogens is 202 g/mol. The average molecular weight is 210 g/mol. The van der Waals surface area contributed by atoms with Gasteiger partial charge in [-0.1, -0.05) is 11.2 Å². The number of hydrogen-bond donors (Lipinski definition) is 1. The maximum atomic E-state index is 13.3. The van der Waals surface area contributed by atoms with E-state index in [4.69, 9.17) is 10.3 Å². The molecule has 0 amide bonds. The Morgan fingerprint density at radius 3 is 2.80 bits per heavy atom. The molecule has 78 valence electrons. The van der Waals surface area contributed by atoms with Crippen LogP contribution in [0, 0.1) is 11.6 Å². The first-order valence-electron chi connectivity index (χ1n) is 4.32. The van der Waals surface area contributed by atoms with Crippen LogP contribution >= 0.6 is 0 Å². The number of aromatic nitrogens is 1. The van der Waals surface area contributed by atoms with Crippen molar-refractivity contribution in [2.24, 2.45) is 5.73 Å². The van der Waals surface area contributed by atoms with Crippen LogP contribution in [0.1, 0.15) is 5.69 Å². The summed E-state index contributed by atoms with van der Waals surface area (Å²) >= 11 is 0. The van der Waals surface area contributed by atoms with Gasteiger partial charge in [0.2, 0.25) is 0 Å². The lowest BCUT2D eigenvalue weighted by Gasteiger charge is -1.97. The van der Waals surface area contributed by atoms with Crippen LogP contribution in [0.15, 0.2) is 28.8 Å². The van der Waals surface area contributed by atoms with E-state index in [-0.39, 0.29) is 17.9 Å². The van der Waals surface area contributed by atoms with Gasteiger partial charge in [-0.05, 0) is 12.1 Å². The van der Waals surface area contributed by atoms with E-state index in [0.29, 0.717) is 5.69 Å². The summed E-state index contributed by atoms with van der Waals surface area (Å²) in [7, 11) is 0. The summed E-state index contributed by atoms with van der Waals surface area (Å²) in [6.45, 7) is 0.195. The van der Waals surface area contributed by atoms with E-state index < -0.39 is 11.6 Å². The van der Waals surface area contributed by atoms with Gasteiger partial charge in [0.15, 0.2) is 17.4 Å². The third kappa shape index (κ3) is 1.73. The molecule has 2 aromatic rings. The Morgan fingerprint density at radius 1 is 1.33 bits per heavy atom. The largest absolute Gasteiger partial charge is 0.356 e. The third-order valence-corrected chi connectivity index (χ3v) is 1.99. The van der Waals surface area contributed by atoms with Crippen LogP contribution in [0.3, 0.4) is 0 Å². The molecule has 0 aliphatic carbocycles. The maximum absolute atomic E-state index is 13.3. The first kappa shape index (κ1) is 9.79. The molecule has 2 rings (SSSR count). The van der Waals surface area contributed by atoms with Crippen LogP contribution in [-0.2, 0) is 6.54 Å². The number of nitrogens with two attached hydrogens (primary N) is 1. The summed E-state index contributed by atoms with van der Waals surface area (Å²) in [6, 6.07) is 5.34. The van der Waals surface area contributed by atoms with Crippen molar-refractivity contribution in [1.82, 2.24) is 5.16 Å². The van der Waals surface area contributed by atoms with Crippen molar-refractivity contribution >= 4 is 0 Å². The van der Waals surface area contributed by atoms with Crippen molar-refractivity contribution < 1.29 is 13.3 Å². The Morgan fingerprint density at radius 2 is 2.13 bits per heavy atom.